The maximum Gasteiger partial charge on any atom is 0.354 e. The highest BCUT2D eigenvalue weighted by atomic mass is 16.4. The molecule has 2 rings (SSSR count). The van der Waals surface area contributed by atoms with Gasteiger partial charge in [0.05, 0.1) is 6.20 Å². The van der Waals surface area contributed by atoms with Gasteiger partial charge in [0.1, 0.15) is 23.6 Å². The largest absolute Gasteiger partial charge is 0.477 e. The second-order valence-electron chi connectivity index (χ2n) is 3.17. The van der Waals surface area contributed by atoms with Gasteiger partial charge in [0.15, 0.2) is 0 Å². The number of carboxylic acids is 1. The second kappa shape index (κ2) is 4.45. The van der Waals surface area contributed by atoms with Crippen molar-refractivity contribution in [3.05, 3.63) is 30.4 Å². The molecule has 0 radical (unpaired) electrons. The minimum Gasteiger partial charge on any atom is -0.477 e. The molecule has 2 aromatic heterocycles. The minimum absolute atomic E-state index is 0.0311. The minimum atomic E-state index is -1.08. The third-order valence-electron chi connectivity index (χ3n) is 2.07. The number of hydrogen-bond donors (Lipinski definition) is 1. The molecule has 0 aromatic carbocycles. The lowest BCUT2D eigenvalue weighted by Crippen LogP contribution is -2.08. The summed E-state index contributed by atoms with van der Waals surface area (Å²) >= 11 is 0. The van der Waals surface area contributed by atoms with Crippen molar-refractivity contribution < 1.29 is 9.90 Å². The Labute approximate surface area is 96.9 Å². The molecule has 0 aliphatic rings. The Kier molecular flexibility index (Phi) is 2.83. The average Bonchev–Trinajstić information content (AvgIpc) is 2.75. The molecule has 1 N–H and O–H groups in total. The Bertz CT molecular complexity index is 583. The number of aromatic nitrogens is 4. The van der Waals surface area contributed by atoms with Crippen LogP contribution in [0.25, 0.3) is 11.4 Å². The van der Waals surface area contributed by atoms with E-state index in [0.717, 1.165) is 0 Å². The maximum atomic E-state index is 11.0. The molecule has 0 amide bonds. The van der Waals surface area contributed by atoms with Gasteiger partial charge < -0.3 is 5.11 Å². The first kappa shape index (κ1) is 10.8. The van der Waals surface area contributed by atoms with E-state index < -0.39 is 5.97 Å². The van der Waals surface area contributed by atoms with E-state index in [9.17, 15) is 4.79 Å². The van der Waals surface area contributed by atoms with E-state index in [1.165, 1.54) is 29.3 Å². The van der Waals surface area contributed by atoms with Crippen LogP contribution in [-0.2, 0) is 6.54 Å². The summed E-state index contributed by atoms with van der Waals surface area (Å²) in [5.41, 5.74) is 0.972. The molecule has 0 atom stereocenters. The summed E-state index contributed by atoms with van der Waals surface area (Å²) in [6.45, 7) is 0.0991. The van der Waals surface area contributed by atoms with Crippen molar-refractivity contribution in [3.8, 4) is 23.7 Å². The summed E-state index contributed by atoms with van der Waals surface area (Å²) < 4.78 is 1.24. The predicted molar refractivity (Wildman–Crippen MR) is 59.0 cm³/mol. The van der Waals surface area contributed by atoms with Gasteiger partial charge in [-0.1, -0.05) is 5.92 Å². The van der Waals surface area contributed by atoms with Crippen LogP contribution in [0.2, 0.25) is 0 Å². The lowest BCUT2D eigenvalue weighted by Gasteiger charge is -1.97. The Morgan fingerprint density at radius 3 is 2.88 bits per heavy atom. The van der Waals surface area contributed by atoms with Gasteiger partial charge in [-0.25, -0.2) is 9.48 Å². The van der Waals surface area contributed by atoms with Crippen molar-refractivity contribution in [1.82, 2.24) is 19.7 Å². The highest BCUT2D eigenvalue weighted by Gasteiger charge is 2.15. The molecule has 0 saturated heterocycles. The standard InChI is InChI=1S/C11H8N4O2/c1-2-5-15-10(11(16)17)6-8(14-15)9-7-12-3-4-13-9/h1,3-4,6-7H,5H2,(H,16,17). The molecule has 6 nitrogen and oxygen atoms in total. The average molecular weight is 228 g/mol. The summed E-state index contributed by atoms with van der Waals surface area (Å²) in [6.07, 6.45) is 9.69. The van der Waals surface area contributed by atoms with Crippen LogP contribution in [0, 0.1) is 12.3 Å². The van der Waals surface area contributed by atoms with Gasteiger partial charge in [-0.2, -0.15) is 5.10 Å². The SMILES string of the molecule is C#CCn1nc(-c2cnccn2)cc1C(=O)O. The summed E-state index contributed by atoms with van der Waals surface area (Å²) in [4.78, 5) is 18.9. The van der Waals surface area contributed by atoms with Gasteiger partial charge in [0, 0.05) is 18.5 Å². The molecule has 2 aromatic rings. The Balaban J connectivity index is 2.48. The van der Waals surface area contributed by atoms with E-state index in [1.807, 2.05) is 0 Å². The fraction of sp³-hybridized carbons (Fsp3) is 0.0909. The lowest BCUT2D eigenvalue weighted by atomic mass is 10.3. The summed E-state index contributed by atoms with van der Waals surface area (Å²) in [5, 5.41) is 13.1. The van der Waals surface area contributed by atoms with Crippen LogP contribution >= 0.6 is 0 Å². The summed E-state index contributed by atoms with van der Waals surface area (Å²) in [6, 6.07) is 1.42. The van der Waals surface area contributed by atoms with Crippen LogP contribution in [0.3, 0.4) is 0 Å². The molecular formula is C11H8N4O2. The normalized spacial score (nSPS) is 9.82. The zero-order chi connectivity index (χ0) is 12.3. The van der Waals surface area contributed by atoms with Gasteiger partial charge in [-0.15, -0.1) is 6.42 Å². The molecule has 0 aliphatic heterocycles. The number of aromatic carboxylic acids is 1. The van der Waals surface area contributed by atoms with Crippen molar-refractivity contribution in [2.75, 3.05) is 0 Å². The zero-order valence-corrected chi connectivity index (χ0v) is 8.74. The second-order valence-corrected chi connectivity index (χ2v) is 3.17. The van der Waals surface area contributed by atoms with E-state index in [2.05, 4.69) is 21.0 Å². The van der Waals surface area contributed by atoms with Gasteiger partial charge in [0.25, 0.3) is 0 Å². The lowest BCUT2D eigenvalue weighted by molar-refractivity contribution is 0.0684. The van der Waals surface area contributed by atoms with Gasteiger partial charge >= 0.3 is 5.97 Å². The van der Waals surface area contributed by atoms with Crippen molar-refractivity contribution in [1.29, 1.82) is 0 Å². The molecule has 17 heavy (non-hydrogen) atoms. The third kappa shape index (κ3) is 2.13. The molecule has 0 aliphatic carbocycles. The third-order valence-corrected chi connectivity index (χ3v) is 2.07. The monoisotopic (exact) mass is 228 g/mol. The highest BCUT2D eigenvalue weighted by molar-refractivity contribution is 5.87. The van der Waals surface area contributed by atoms with Crippen LogP contribution in [0.4, 0.5) is 0 Å². The molecule has 0 bridgehead atoms. The number of terminal acetylenes is 1. The van der Waals surface area contributed by atoms with Crippen molar-refractivity contribution >= 4 is 5.97 Å². The van der Waals surface area contributed by atoms with Crippen LogP contribution in [0.1, 0.15) is 10.5 Å². The fourth-order valence-corrected chi connectivity index (χ4v) is 1.35. The van der Waals surface area contributed by atoms with E-state index in [1.54, 1.807) is 0 Å². The van der Waals surface area contributed by atoms with Crippen LogP contribution in [0.15, 0.2) is 24.7 Å². The first-order chi connectivity index (χ1) is 8.22. The molecule has 0 fully saturated rings. The van der Waals surface area contributed by atoms with E-state index in [4.69, 9.17) is 11.5 Å². The molecule has 0 unspecified atom stereocenters. The van der Waals surface area contributed by atoms with E-state index in [-0.39, 0.29) is 12.2 Å². The first-order valence-corrected chi connectivity index (χ1v) is 4.73. The molecule has 84 valence electrons. The van der Waals surface area contributed by atoms with Crippen molar-refractivity contribution in [3.63, 3.8) is 0 Å². The van der Waals surface area contributed by atoms with Gasteiger partial charge in [-0.05, 0) is 0 Å². The molecule has 0 saturated carbocycles. The number of carbonyl (C=O) groups is 1. The van der Waals surface area contributed by atoms with Crippen LogP contribution < -0.4 is 0 Å². The number of nitrogens with zero attached hydrogens (tertiary/aromatic N) is 4. The van der Waals surface area contributed by atoms with Crippen molar-refractivity contribution in [2.24, 2.45) is 0 Å². The fourth-order valence-electron chi connectivity index (χ4n) is 1.35. The Morgan fingerprint density at radius 1 is 1.47 bits per heavy atom. The molecule has 6 heteroatoms. The van der Waals surface area contributed by atoms with Crippen LogP contribution in [0.5, 0.6) is 0 Å². The van der Waals surface area contributed by atoms with E-state index in [0.29, 0.717) is 11.4 Å². The maximum absolute atomic E-state index is 11.0. The first-order valence-electron chi connectivity index (χ1n) is 4.73. The smallest absolute Gasteiger partial charge is 0.354 e. The predicted octanol–water partition coefficient (Wildman–Crippen LogP) is 0.671. The van der Waals surface area contributed by atoms with Gasteiger partial charge in [0.2, 0.25) is 0 Å². The van der Waals surface area contributed by atoms with Crippen molar-refractivity contribution in [2.45, 2.75) is 6.54 Å². The zero-order valence-electron chi connectivity index (χ0n) is 8.74. The highest BCUT2D eigenvalue weighted by Crippen LogP contribution is 2.15. The number of carboxylic acid groups (broad SMARTS) is 1. The quantitative estimate of drug-likeness (QED) is 0.781. The molecular weight excluding hydrogens is 220 g/mol. The van der Waals surface area contributed by atoms with Gasteiger partial charge in [-0.3, -0.25) is 9.97 Å². The number of hydrogen-bond acceptors (Lipinski definition) is 4. The Hall–Kier alpha value is -2.68. The molecule has 2 heterocycles. The molecule has 0 spiro atoms. The number of rotatable bonds is 3. The topological polar surface area (TPSA) is 80.9 Å². The summed E-state index contributed by atoms with van der Waals surface area (Å²) in [5.74, 6) is 1.26. The van der Waals surface area contributed by atoms with Crippen LogP contribution in [-0.4, -0.2) is 30.8 Å². The van der Waals surface area contributed by atoms with E-state index >= 15 is 0 Å². The summed E-state index contributed by atoms with van der Waals surface area (Å²) in [7, 11) is 0. The Morgan fingerprint density at radius 2 is 2.29 bits per heavy atom.